The van der Waals surface area contributed by atoms with Crippen LogP contribution in [0.5, 0.6) is 5.75 Å². The zero-order chi connectivity index (χ0) is 24.6. The molecule has 9 heteroatoms. The first-order chi connectivity index (χ1) is 17.0. The number of nitrogens with zero attached hydrogens (tertiary/aromatic N) is 2. The summed E-state index contributed by atoms with van der Waals surface area (Å²) in [7, 11) is 1.53. The first kappa shape index (κ1) is 24.3. The van der Waals surface area contributed by atoms with E-state index in [1.54, 1.807) is 30.3 Å². The van der Waals surface area contributed by atoms with Crippen LogP contribution in [0.2, 0.25) is 0 Å². The molecule has 4 rings (SSSR count). The molecule has 2 N–H and O–H groups in total. The van der Waals surface area contributed by atoms with E-state index < -0.39 is 11.6 Å². The van der Waals surface area contributed by atoms with Crippen LogP contribution in [0.15, 0.2) is 60.3 Å². The van der Waals surface area contributed by atoms with Gasteiger partial charge in [0.05, 0.1) is 12.8 Å². The number of anilines is 4. The highest BCUT2D eigenvalue weighted by atomic mass is 19.1. The number of halogens is 2. The summed E-state index contributed by atoms with van der Waals surface area (Å²) in [6.07, 6.45) is 6.16. The topological polar surface area (TPSA) is 85.4 Å². The van der Waals surface area contributed by atoms with Gasteiger partial charge in [-0.2, -0.15) is 4.98 Å². The first-order valence-corrected chi connectivity index (χ1v) is 11.3. The van der Waals surface area contributed by atoms with Crippen molar-refractivity contribution in [1.29, 1.82) is 0 Å². The molecule has 0 atom stereocenters. The van der Waals surface area contributed by atoms with E-state index in [9.17, 15) is 13.6 Å². The Balaban J connectivity index is 1.42. The highest BCUT2D eigenvalue weighted by molar-refractivity contribution is 5.92. The smallest absolute Gasteiger partial charge is 0.229 e. The number of carbonyl (C=O) groups is 1. The van der Waals surface area contributed by atoms with Gasteiger partial charge in [-0.15, -0.1) is 0 Å². The van der Waals surface area contributed by atoms with E-state index in [2.05, 4.69) is 20.6 Å². The molecule has 7 nitrogen and oxygen atoms in total. The molecule has 35 heavy (non-hydrogen) atoms. The average molecular weight is 481 g/mol. The number of hydrogen-bond donors (Lipinski definition) is 2. The van der Waals surface area contributed by atoms with Crippen molar-refractivity contribution in [3.8, 4) is 5.75 Å². The number of allylic oxidation sites excluding steroid dienone is 2. The third kappa shape index (κ3) is 6.83. The summed E-state index contributed by atoms with van der Waals surface area (Å²) in [6.45, 7) is 0.569. The minimum atomic E-state index is -0.653. The molecule has 0 saturated heterocycles. The first-order valence-electron chi connectivity index (χ1n) is 11.3. The third-order valence-electron chi connectivity index (χ3n) is 5.41. The zero-order valence-electron chi connectivity index (χ0n) is 19.3. The van der Waals surface area contributed by atoms with Gasteiger partial charge >= 0.3 is 0 Å². The van der Waals surface area contributed by atoms with Gasteiger partial charge in [0.25, 0.3) is 0 Å². The van der Waals surface area contributed by atoms with Crippen LogP contribution in [-0.4, -0.2) is 36.1 Å². The number of ether oxygens (including phenoxy) is 2. The van der Waals surface area contributed by atoms with Crippen LogP contribution < -0.4 is 15.4 Å². The molecular formula is C26H26F2N4O3. The molecule has 1 fully saturated rings. The minimum absolute atomic E-state index is 0.0532. The Morgan fingerprint density at radius 2 is 1.89 bits per heavy atom. The summed E-state index contributed by atoms with van der Waals surface area (Å²) >= 11 is 0. The van der Waals surface area contributed by atoms with E-state index in [-0.39, 0.29) is 36.3 Å². The van der Waals surface area contributed by atoms with Crippen LogP contribution in [0.1, 0.15) is 24.8 Å². The molecule has 1 heterocycles. The molecule has 0 radical (unpaired) electrons. The van der Waals surface area contributed by atoms with E-state index in [0.717, 1.165) is 31.0 Å². The van der Waals surface area contributed by atoms with Gasteiger partial charge in [-0.25, -0.2) is 13.8 Å². The van der Waals surface area contributed by atoms with Crippen LogP contribution in [0.25, 0.3) is 0 Å². The highest BCUT2D eigenvalue weighted by Gasteiger charge is 2.12. The molecule has 182 valence electrons. The lowest BCUT2D eigenvalue weighted by Crippen LogP contribution is -2.06. The summed E-state index contributed by atoms with van der Waals surface area (Å²) < 4.78 is 38.9. The second kappa shape index (κ2) is 11.5. The summed E-state index contributed by atoms with van der Waals surface area (Å²) in [5.41, 5.74) is 2.96. The Morgan fingerprint density at radius 1 is 1.06 bits per heavy atom. The quantitative estimate of drug-likeness (QED) is 0.277. The van der Waals surface area contributed by atoms with Crippen LogP contribution in [0, 0.1) is 11.6 Å². The number of methoxy groups -OCH3 is 1. The number of nitrogens with one attached hydrogen (secondary N) is 2. The summed E-state index contributed by atoms with van der Waals surface area (Å²) in [6, 6.07) is 11.5. The molecule has 0 amide bonds. The van der Waals surface area contributed by atoms with Gasteiger partial charge in [0.15, 0.2) is 29.0 Å². The van der Waals surface area contributed by atoms with Crippen LogP contribution in [-0.2, 0) is 16.0 Å². The van der Waals surface area contributed by atoms with Gasteiger partial charge in [0.1, 0.15) is 6.61 Å². The lowest BCUT2D eigenvalue weighted by atomic mass is 9.91. The average Bonchev–Trinajstić information content (AvgIpc) is 2.80. The van der Waals surface area contributed by atoms with Crippen molar-refractivity contribution in [2.45, 2.75) is 25.7 Å². The lowest BCUT2D eigenvalue weighted by Gasteiger charge is -2.15. The number of ketones is 1. The summed E-state index contributed by atoms with van der Waals surface area (Å²) in [4.78, 5) is 20.3. The van der Waals surface area contributed by atoms with E-state index in [1.807, 2.05) is 6.07 Å². The maximum Gasteiger partial charge on any atom is 0.229 e. The van der Waals surface area contributed by atoms with Crippen molar-refractivity contribution in [3.05, 3.63) is 77.5 Å². The molecule has 0 unspecified atom stereocenters. The normalized spacial score (nSPS) is 12.6. The molecule has 0 aliphatic heterocycles. The van der Waals surface area contributed by atoms with Crippen molar-refractivity contribution in [1.82, 2.24) is 9.97 Å². The molecule has 1 aliphatic rings. The van der Waals surface area contributed by atoms with Crippen LogP contribution >= 0.6 is 0 Å². The predicted molar refractivity (Wildman–Crippen MR) is 129 cm³/mol. The standard InChI is InChI=1S/C26H26F2N4O3/c1-34-10-11-35-24-9-8-20(15-22(24)27)31-26-29-16-23(28)25(32-26)30-19-7-3-6-18(12-19)14-21(33)13-17-4-2-5-17/h3,6-9,12-13,15-16H,2,4-5,10-11,14H2,1H3,(H2,29,30,31,32). The second-order valence-corrected chi connectivity index (χ2v) is 8.13. The number of aromatic nitrogens is 2. The van der Waals surface area contributed by atoms with E-state index >= 15 is 0 Å². The summed E-state index contributed by atoms with van der Waals surface area (Å²) in [5, 5.41) is 5.78. The molecule has 3 aromatic rings. The van der Waals surface area contributed by atoms with E-state index in [0.29, 0.717) is 18.0 Å². The molecule has 1 saturated carbocycles. The molecule has 0 spiro atoms. The zero-order valence-corrected chi connectivity index (χ0v) is 19.3. The van der Waals surface area contributed by atoms with Crippen LogP contribution in [0.3, 0.4) is 0 Å². The fourth-order valence-electron chi connectivity index (χ4n) is 3.48. The van der Waals surface area contributed by atoms with Crippen molar-refractivity contribution in [3.63, 3.8) is 0 Å². The second-order valence-electron chi connectivity index (χ2n) is 8.13. The minimum Gasteiger partial charge on any atom is -0.488 e. The molecule has 1 aromatic heterocycles. The van der Waals surface area contributed by atoms with Crippen molar-refractivity contribution in [2.24, 2.45) is 0 Å². The molecule has 2 aromatic carbocycles. The van der Waals surface area contributed by atoms with Gasteiger partial charge < -0.3 is 20.1 Å². The lowest BCUT2D eigenvalue weighted by molar-refractivity contribution is -0.114. The Labute approximate surface area is 202 Å². The Bertz CT molecular complexity index is 1230. The monoisotopic (exact) mass is 480 g/mol. The Hall–Kier alpha value is -3.85. The van der Waals surface area contributed by atoms with E-state index in [4.69, 9.17) is 9.47 Å². The predicted octanol–water partition coefficient (Wildman–Crippen LogP) is 5.49. The number of carbonyl (C=O) groups excluding carboxylic acids is 1. The van der Waals surface area contributed by atoms with Gasteiger partial charge in [-0.3, -0.25) is 4.79 Å². The van der Waals surface area contributed by atoms with Crippen molar-refractivity contribution < 1.29 is 23.0 Å². The highest BCUT2D eigenvalue weighted by Crippen LogP contribution is 2.26. The van der Waals surface area contributed by atoms with Gasteiger partial charge in [-0.05, 0) is 55.2 Å². The summed E-state index contributed by atoms with van der Waals surface area (Å²) in [5.74, 6) is -1.04. The van der Waals surface area contributed by atoms with Crippen molar-refractivity contribution >= 4 is 28.9 Å². The van der Waals surface area contributed by atoms with Gasteiger partial charge in [0, 0.05) is 31.0 Å². The Morgan fingerprint density at radius 3 is 2.63 bits per heavy atom. The number of benzene rings is 2. The fourth-order valence-corrected chi connectivity index (χ4v) is 3.48. The van der Waals surface area contributed by atoms with E-state index in [1.165, 1.54) is 24.8 Å². The Kier molecular flexibility index (Phi) is 7.99. The number of rotatable bonds is 11. The SMILES string of the molecule is COCCOc1ccc(Nc2ncc(F)c(Nc3cccc(CC(=O)C=C4CCC4)c3)n2)cc1F. The largest absolute Gasteiger partial charge is 0.488 e. The molecule has 0 bridgehead atoms. The van der Waals surface area contributed by atoms with Gasteiger partial charge in [0.2, 0.25) is 5.95 Å². The molecule has 1 aliphatic carbocycles. The van der Waals surface area contributed by atoms with Crippen LogP contribution in [0.4, 0.5) is 31.9 Å². The molecular weight excluding hydrogens is 454 g/mol. The van der Waals surface area contributed by atoms with Gasteiger partial charge in [-0.1, -0.05) is 17.7 Å². The fraction of sp³-hybridized carbons (Fsp3) is 0.269. The third-order valence-corrected chi connectivity index (χ3v) is 5.41. The maximum absolute atomic E-state index is 14.4. The number of hydrogen-bond acceptors (Lipinski definition) is 7. The maximum atomic E-state index is 14.4. The van der Waals surface area contributed by atoms with Crippen molar-refractivity contribution in [2.75, 3.05) is 31.0 Å².